The molecule has 1 heterocycles. The fraction of sp³-hybridized carbons (Fsp3) is 0.591. The number of benzene rings is 1. The molecule has 2 rings (SSSR count). The second-order valence-electron chi connectivity index (χ2n) is 9.54. The summed E-state index contributed by atoms with van der Waals surface area (Å²) in [5.74, 6) is -1.27. The van der Waals surface area contributed by atoms with E-state index >= 15 is 0 Å². The molecule has 1 fully saturated rings. The van der Waals surface area contributed by atoms with Crippen LogP contribution in [0.2, 0.25) is 18.1 Å². The molecular formula is C22H33NO10Si. The van der Waals surface area contributed by atoms with Crippen LogP contribution in [0.5, 0.6) is 5.75 Å². The molecule has 0 saturated carbocycles. The van der Waals surface area contributed by atoms with Crippen molar-refractivity contribution in [1.82, 2.24) is 0 Å². The summed E-state index contributed by atoms with van der Waals surface area (Å²) in [6, 6.07) is 4.19. The molecule has 0 spiro atoms. The molecule has 11 nitrogen and oxygen atoms in total. The fourth-order valence-corrected chi connectivity index (χ4v) is 3.82. The molecule has 0 aromatic heterocycles. The lowest BCUT2D eigenvalue weighted by molar-refractivity contribution is -0.387. The van der Waals surface area contributed by atoms with Gasteiger partial charge in [-0.05, 0) is 29.8 Å². The summed E-state index contributed by atoms with van der Waals surface area (Å²) in [7, 11) is -2.09. The molecule has 34 heavy (non-hydrogen) atoms. The highest BCUT2D eigenvalue weighted by molar-refractivity contribution is 6.74. The molecule has 190 valence electrons. The summed E-state index contributed by atoms with van der Waals surface area (Å²) in [4.78, 5) is 23.2. The lowest BCUT2D eigenvalue weighted by Crippen LogP contribution is -2.61. The van der Waals surface area contributed by atoms with E-state index in [-0.39, 0.29) is 24.0 Å². The van der Waals surface area contributed by atoms with E-state index in [4.69, 9.17) is 18.6 Å². The molecule has 1 aliphatic rings. The average Bonchev–Trinajstić information content (AvgIpc) is 2.76. The van der Waals surface area contributed by atoms with Crippen LogP contribution in [-0.2, 0) is 25.3 Å². The van der Waals surface area contributed by atoms with Crippen molar-refractivity contribution < 1.29 is 43.7 Å². The van der Waals surface area contributed by atoms with Crippen molar-refractivity contribution in [2.75, 3.05) is 6.61 Å². The van der Waals surface area contributed by atoms with Gasteiger partial charge in [-0.1, -0.05) is 39.5 Å². The van der Waals surface area contributed by atoms with Crippen molar-refractivity contribution >= 4 is 20.0 Å². The van der Waals surface area contributed by atoms with Gasteiger partial charge < -0.3 is 34.0 Å². The van der Waals surface area contributed by atoms with Gasteiger partial charge in [0.2, 0.25) is 6.29 Å². The minimum Gasteiger partial charge on any atom is -0.459 e. The van der Waals surface area contributed by atoms with Crippen LogP contribution in [0.15, 0.2) is 30.9 Å². The zero-order chi connectivity index (χ0) is 25.8. The largest absolute Gasteiger partial charge is 0.459 e. The third-order valence-electron chi connectivity index (χ3n) is 6.01. The van der Waals surface area contributed by atoms with Crippen LogP contribution in [0.3, 0.4) is 0 Å². The van der Waals surface area contributed by atoms with E-state index < -0.39 is 55.6 Å². The number of rotatable bonds is 9. The molecule has 3 N–H and O–H groups in total. The first-order valence-electron chi connectivity index (χ1n) is 10.7. The van der Waals surface area contributed by atoms with E-state index in [0.717, 1.165) is 0 Å². The Kier molecular flexibility index (Phi) is 8.96. The molecule has 12 heteroatoms. The Morgan fingerprint density at radius 3 is 2.44 bits per heavy atom. The summed E-state index contributed by atoms with van der Waals surface area (Å²) in [6.07, 6.45) is -7.48. The molecule has 1 aliphatic heterocycles. The van der Waals surface area contributed by atoms with Gasteiger partial charge in [-0.25, -0.2) is 4.79 Å². The molecule has 0 unspecified atom stereocenters. The predicted molar refractivity (Wildman–Crippen MR) is 124 cm³/mol. The second-order valence-corrected chi connectivity index (χ2v) is 14.4. The first kappa shape index (κ1) is 27.9. The minimum absolute atomic E-state index is 0.0365. The average molecular weight is 500 g/mol. The van der Waals surface area contributed by atoms with E-state index in [0.29, 0.717) is 5.56 Å². The van der Waals surface area contributed by atoms with E-state index in [1.54, 1.807) is 6.07 Å². The van der Waals surface area contributed by atoms with E-state index in [1.165, 1.54) is 18.2 Å². The maximum Gasteiger partial charge on any atom is 0.338 e. The number of esters is 1. The first-order valence-corrected chi connectivity index (χ1v) is 13.7. The lowest BCUT2D eigenvalue weighted by Gasteiger charge is -2.38. The van der Waals surface area contributed by atoms with Gasteiger partial charge in [-0.2, -0.15) is 0 Å². The van der Waals surface area contributed by atoms with Crippen LogP contribution >= 0.6 is 0 Å². The maximum atomic E-state index is 12.1. The van der Waals surface area contributed by atoms with Crippen LogP contribution in [0.1, 0.15) is 26.3 Å². The normalized spacial score (nSPS) is 25.5. The topological polar surface area (TPSA) is 158 Å². The van der Waals surface area contributed by atoms with Gasteiger partial charge >= 0.3 is 11.7 Å². The number of carbonyl (C=O) groups excluding carboxylic acids is 1. The van der Waals surface area contributed by atoms with Crippen LogP contribution < -0.4 is 4.74 Å². The monoisotopic (exact) mass is 499 g/mol. The van der Waals surface area contributed by atoms with Crippen molar-refractivity contribution in [2.45, 2.75) is 76.2 Å². The van der Waals surface area contributed by atoms with Crippen molar-refractivity contribution in [3.05, 3.63) is 46.5 Å². The molecule has 0 radical (unpaired) electrons. The molecule has 0 bridgehead atoms. The third kappa shape index (κ3) is 6.40. The quantitative estimate of drug-likeness (QED) is 0.151. The summed E-state index contributed by atoms with van der Waals surface area (Å²) in [5.41, 5.74) is 0.133. The van der Waals surface area contributed by atoms with Crippen LogP contribution in [0, 0.1) is 10.1 Å². The summed E-state index contributed by atoms with van der Waals surface area (Å²) in [5, 5.41) is 42.1. The molecule has 0 aliphatic carbocycles. The van der Waals surface area contributed by atoms with Crippen molar-refractivity contribution in [1.29, 1.82) is 0 Å². The fourth-order valence-electron chi connectivity index (χ4n) is 2.86. The van der Waals surface area contributed by atoms with Crippen molar-refractivity contribution in [3.63, 3.8) is 0 Å². The summed E-state index contributed by atoms with van der Waals surface area (Å²) in [6.45, 7) is 13.8. The van der Waals surface area contributed by atoms with E-state index in [2.05, 4.69) is 40.4 Å². The number of nitro benzene ring substituents is 1. The zero-order valence-corrected chi connectivity index (χ0v) is 21.0. The van der Waals surface area contributed by atoms with Gasteiger partial charge in [0.05, 0.1) is 11.5 Å². The summed E-state index contributed by atoms with van der Waals surface area (Å²) < 4.78 is 21.7. The van der Waals surface area contributed by atoms with Gasteiger partial charge in [0, 0.05) is 6.07 Å². The van der Waals surface area contributed by atoms with Crippen LogP contribution in [-0.4, -0.2) is 71.8 Å². The first-order chi connectivity index (χ1) is 15.7. The van der Waals surface area contributed by atoms with Gasteiger partial charge in [-0.15, -0.1) is 0 Å². The molecule has 1 aromatic rings. The number of carbonyl (C=O) groups is 1. The van der Waals surface area contributed by atoms with Crippen molar-refractivity contribution in [2.24, 2.45) is 0 Å². The number of aliphatic hydroxyl groups excluding tert-OH is 3. The Morgan fingerprint density at radius 1 is 1.24 bits per heavy atom. The van der Waals surface area contributed by atoms with Crippen LogP contribution in [0.4, 0.5) is 5.69 Å². The van der Waals surface area contributed by atoms with Crippen molar-refractivity contribution in [3.8, 4) is 5.75 Å². The smallest absolute Gasteiger partial charge is 0.338 e. The minimum atomic E-state index is -2.09. The second kappa shape index (κ2) is 10.9. The molecule has 5 atom stereocenters. The lowest BCUT2D eigenvalue weighted by atomic mass is 9.99. The standard InChI is InChI=1S/C22H33NO10Si/c1-7-10-30-20(27)19-17(25)16(24)18(26)21(33-19)32-15-9-8-13(11-14(15)23(28)29)12-31-34(5,6)22(2,3)4/h7-9,11,16-19,21,24-26H,1,10,12H2,2-6H3/t16-,17-,18+,19-,21+/m0/s1. The molecular weight excluding hydrogens is 466 g/mol. The highest BCUT2D eigenvalue weighted by atomic mass is 28.4. The molecule has 1 aromatic carbocycles. The number of nitrogens with zero attached hydrogens (tertiary/aromatic N) is 1. The van der Waals surface area contributed by atoms with Gasteiger partial charge in [-0.3, -0.25) is 10.1 Å². The van der Waals surface area contributed by atoms with Gasteiger partial charge in [0.15, 0.2) is 20.2 Å². The van der Waals surface area contributed by atoms with Gasteiger partial charge in [0.25, 0.3) is 0 Å². The Balaban J connectivity index is 2.23. The highest BCUT2D eigenvalue weighted by Crippen LogP contribution is 2.38. The Labute approximate surface area is 199 Å². The number of aliphatic hydroxyl groups is 3. The third-order valence-corrected chi connectivity index (χ3v) is 10.5. The van der Waals surface area contributed by atoms with E-state index in [1.807, 2.05) is 0 Å². The predicted octanol–water partition coefficient (Wildman–Crippen LogP) is 2.03. The Bertz CT molecular complexity index is 900. The zero-order valence-electron chi connectivity index (χ0n) is 20.0. The highest BCUT2D eigenvalue weighted by Gasteiger charge is 2.49. The molecule has 1 saturated heterocycles. The van der Waals surface area contributed by atoms with E-state index in [9.17, 15) is 30.2 Å². The number of ether oxygens (including phenoxy) is 3. The maximum absolute atomic E-state index is 12.1. The Morgan fingerprint density at radius 2 is 1.88 bits per heavy atom. The SMILES string of the molecule is C=CCOC(=O)[C@H]1O[C@@H](Oc2ccc(CO[Si](C)(C)C(C)(C)C)cc2[N+](=O)[O-])[C@H](O)[C@@H](O)[C@@H]1O. The number of nitro groups is 1. The number of hydrogen-bond acceptors (Lipinski definition) is 10. The van der Waals surface area contributed by atoms with Crippen LogP contribution in [0.25, 0.3) is 0 Å². The molecule has 0 amide bonds. The van der Waals surface area contributed by atoms with Gasteiger partial charge in [0.1, 0.15) is 24.9 Å². The number of hydrogen-bond donors (Lipinski definition) is 3. The summed E-state index contributed by atoms with van der Waals surface area (Å²) >= 11 is 0. The Hall–Kier alpha value is -2.35.